The van der Waals surface area contributed by atoms with Gasteiger partial charge in [0.1, 0.15) is 0 Å². The van der Waals surface area contributed by atoms with Crippen LogP contribution in [-0.4, -0.2) is 29.1 Å². The molecule has 3 aromatic carbocycles. The normalized spacial score (nSPS) is 12.3. The van der Waals surface area contributed by atoms with E-state index in [1.54, 1.807) is 4.40 Å². The Kier molecular flexibility index (Phi) is 9.65. The Morgan fingerprint density at radius 2 is 1.67 bits per heavy atom. The first-order chi connectivity index (χ1) is 17.8. The van der Waals surface area contributed by atoms with Crippen molar-refractivity contribution in [1.29, 1.82) is 0 Å². The maximum Gasteiger partial charge on any atom is 0 e. The number of pyridine rings is 1. The van der Waals surface area contributed by atoms with Gasteiger partial charge in [0.15, 0.2) is 5.78 Å². The number of carbonyl (C=O) groups is 1. The van der Waals surface area contributed by atoms with Crippen LogP contribution in [0.1, 0.15) is 40.2 Å². The third-order valence-electron chi connectivity index (χ3n) is 6.50. The largest absolute Gasteiger partial charge is 0 e. The van der Waals surface area contributed by atoms with E-state index in [4.69, 9.17) is 10.1 Å². The van der Waals surface area contributed by atoms with Gasteiger partial charge in [-0.3, -0.25) is 4.79 Å². The number of rotatable bonds is 3. The van der Waals surface area contributed by atoms with Crippen LogP contribution in [-0.2, 0) is 30.3 Å². The predicted octanol–water partition coefficient (Wildman–Crippen LogP) is 8.95. The van der Waals surface area contributed by atoms with Crippen LogP contribution in [0.25, 0.3) is 42.2 Å². The number of aliphatic hydroxyl groups is 1. The number of benzene rings is 3. The van der Waals surface area contributed by atoms with E-state index in [9.17, 15) is 4.79 Å². The molecule has 5 rings (SSSR count). The van der Waals surface area contributed by atoms with Gasteiger partial charge in [-0.25, -0.2) is 0 Å². The third-order valence-corrected chi connectivity index (χ3v) is 12.0. The summed E-state index contributed by atoms with van der Waals surface area (Å²) in [5, 5.41) is 13.5. The molecular weight excluding hydrogens is 739 g/mol. The summed E-state index contributed by atoms with van der Waals surface area (Å²) in [6, 6.07) is 23.9. The van der Waals surface area contributed by atoms with E-state index in [2.05, 4.69) is 98.7 Å². The number of thiophene rings is 1. The molecule has 0 saturated heterocycles. The van der Waals surface area contributed by atoms with E-state index < -0.39 is 13.3 Å². The monoisotopic (exact) mass is 777 g/mol. The molecule has 2 aromatic heterocycles. The van der Waals surface area contributed by atoms with Crippen LogP contribution in [0.2, 0.25) is 17.3 Å². The zero-order valence-electron chi connectivity index (χ0n) is 23.9. The van der Waals surface area contributed by atoms with E-state index >= 15 is 0 Å². The Labute approximate surface area is 252 Å². The van der Waals surface area contributed by atoms with E-state index in [1.165, 1.54) is 51.0 Å². The first-order valence-electron chi connectivity index (χ1n) is 12.9. The van der Waals surface area contributed by atoms with Crippen molar-refractivity contribution in [2.24, 2.45) is 0 Å². The van der Waals surface area contributed by atoms with Crippen LogP contribution in [0.15, 0.2) is 72.6 Å². The van der Waals surface area contributed by atoms with Gasteiger partial charge >= 0.3 is 192 Å². The maximum absolute atomic E-state index is 10.0. The Morgan fingerprint density at radius 1 is 0.974 bits per heavy atom. The molecule has 5 aromatic rings. The number of aromatic nitrogens is 1. The van der Waals surface area contributed by atoms with Crippen molar-refractivity contribution in [3.63, 3.8) is 0 Å². The van der Waals surface area contributed by atoms with Gasteiger partial charge in [-0.05, 0) is 13.8 Å². The minimum absolute atomic E-state index is 0. The molecule has 0 aliphatic heterocycles. The summed E-state index contributed by atoms with van der Waals surface area (Å²) >= 11 is 0.00728. The summed E-state index contributed by atoms with van der Waals surface area (Å²) in [5.41, 5.74) is 3.54. The summed E-state index contributed by atoms with van der Waals surface area (Å²) < 4.78 is 4.20. The zero-order valence-corrected chi connectivity index (χ0v) is 29.2. The summed E-state index contributed by atoms with van der Waals surface area (Å²) in [7, 11) is 0. The SMILES string of the molecule is CC(=O)/C=C(/C)O.CC(C)(C)c1cc(-c2nccc3c2sc2c[c]([Ge]([CH3])([CH3])[CH3])ccc23)[c-]c2ccccc12.[Ir]. The number of fused-ring (bicyclic) bond motifs is 4. The minimum Gasteiger partial charge on any atom is 0 e. The summed E-state index contributed by atoms with van der Waals surface area (Å²) in [5.74, 6) is 7.31. The predicted molar refractivity (Wildman–Crippen MR) is 168 cm³/mol. The molecule has 39 heavy (non-hydrogen) atoms. The van der Waals surface area contributed by atoms with Gasteiger partial charge in [-0.15, -0.1) is 0 Å². The standard InChI is InChI=1S/C28H28GeNS.C5H8O2.Ir/c1-28(2,3)24-16-19(15-18-9-7-8-10-21(18)24)26-27-23(13-14-30-26)22-12-11-20(29(4,5)6)17-25(22)31-27;1-4(6)3-5(2)7;/h7-14,16-17H,1-6H3;3,6H,1-2H3;/q-1;;/b;4-3-;. The number of hydrogen-bond acceptors (Lipinski definition) is 4. The molecule has 0 fully saturated rings. The van der Waals surface area contributed by atoms with Gasteiger partial charge in [0.05, 0.1) is 5.76 Å². The molecule has 1 radical (unpaired) electrons. The first kappa shape index (κ1) is 31.2. The maximum atomic E-state index is 10.0. The number of carbonyl (C=O) groups excluding carboxylic acids is 1. The average molecular weight is 776 g/mol. The fourth-order valence-corrected chi connectivity index (χ4v) is 8.53. The van der Waals surface area contributed by atoms with Gasteiger partial charge in [0, 0.05) is 26.2 Å². The molecule has 0 spiro atoms. The van der Waals surface area contributed by atoms with E-state index in [0.717, 1.165) is 16.6 Å². The van der Waals surface area contributed by atoms with Crippen molar-refractivity contribution in [1.82, 2.24) is 4.98 Å². The molecule has 0 atom stereocenters. The quantitative estimate of drug-likeness (QED) is 0.0863. The summed E-state index contributed by atoms with van der Waals surface area (Å²) in [6.07, 6.45) is 3.12. The fraction of sp³-hybridized carbons (Fsp3) is 0.273. The molecule has 1 N–H and O–H groups in total. The molecule has 0 aliphatic carbocycles. The van der Waals surface area contributed by atoms with Gasteiger partial charge < -0.3 is 5.11 Å². The number of aliphatic hydroxyl groups excluding tert-OH is 1. The Hall–Kier alpha value is -2.31. The molecule has 205 valence electrons. The molecule has 0 unspecified atom stereocenters. The van der Waals surface area contributed by atoms with Crippen molar-refractivity contribution in [2.75, 3.05) is 0 Å². The first-order valence-corrected chi connectivity index (χ1v) is 21.1. The van der Waals surface area contributed by atoms with Gasteiger partial charge in [-0.1, -0.05) is 0 Å². The molecule has 6 heteroatoms. The molecule has 0 saturated carbocycles. The topological polar surface area (TPSA) is 50.2 Å². The van der Waals surface area contributed by atoms with Gasteiger partial charge in [0.2, 0.25) is 0 Å². The van der Waals surface area contributed by atoms with E-state index in [-0.39, 0.29) is 37.1 Å². The Morgan fingerprint density at radius 3 is 2.26 bits per heavy atom. The minimum atomic E-state index is -1.87. The second kappa shape index (κ2) is 12.1. The van der Waals surface area contributed by atoms with Gasteiger partial charge in [0.25, 0.3) is 0 Å². The van der Waals surface area contributed by atoms with Gasteiger partial charge in [-0.2, -0.15) is 0 Å². The zero-order chi connectivity index (χ0) is 27.8. The molecule has 3 nitrogen and oxygen atoms in total. The second-order valence-corrected chi connectivity index (χ2v) is 23.6. The van der Waals surface area contributed by atoms with Crippen LogP contribution in [0, 0.1) is 6.07 Å². The fourth-order valence-electron chi connectivity index (χ4n) is 4.63. The van der Waals surface area contributed by atoms with E-state index in [1.807, 2.05) is 17.5 Å². The van der Waals surface area contributed by atoms with Crippen LogP contribution in [0.3, 0.4) is 0 Å². The second-order valence-electron chi connectivity index (χ2n) is 11.9. The Bertz CT molecular complexity index is 1690. The Balaban J connectivity index is 0.000000468. The molecule has 0 amide bonds. The average Bonchev–Trinajstić information content (AvgIpc) is 3.20. The molecular formula is C33H36GeIrNO2S-. The molecule has 0 bridgehead atoms. The van der Waals surface area contributed by atoms with Crippen molar-refractivity contribution >= 4 is 65.7 Å². The van der Waals surface area contributed by atoms with Crippen molar-refractivity contribution in [3.05, 3.63) is 84.3 Å². The van der Waals surface area contributed by atoms with Crippen LogP contribution < -0.4 is 4.40 Å². The van der Waals surface area contributed by atoms with Crippen LogP contribution in [0.4, 0.5) is 0 Å². The molecule has 0 aliphatic rings. The van der Waals surface area contributed by atoms with Crippen molar-refractivity contribution < 1.29 is 30.0 Å². The van der Waals surface area contributed by atoms with E-state index in [0.29, 0.717) is 0 Å². The number of allylic oxidation sites excluding steroid dienone is 2. The molecule has 2 heterocycles. The van der Waals surface area contributed by atoms with Crippen LogP contribution >= 0.6 is 11.3 Å². The number of hydrogen-bond donors (Lipinski definition) is 1. The number of ketones is 1. The summed E-state index contributed by atoms with van der Waals surface area (Å²) in [4.78, 5) is 14.9. The van der Waals surface area contributed by atoms with Crippen LogP contribution in [0.5, 0.6) is 0 Å². The summed E-state index contributed by atoms with van der Waals surface area (Å²) in [6.45, 7) is 9.70. The van der Waals surface area contributed by atoms with Crippen molar-refractivity contribution in [3.8, 4) is 11.3 Å². The van der Waals surface area contributed by atoms with Crippen molar-refractivity contribution in [2.45, 2.75) is 57.3 Å². The smallest absolute Gasteiger partial charge is 0 e. The number of nitrogens with zero attached hydrogens (tertiary/aromatic N) is 1. The third kappa shape index (κ3) is 7.07.